The fourth-order valence-electron chi connectivity index (χ4n) is 3.90. The molecule has 29 heavy (non-hydrogen) atoms. The number of amides is 1. The average molecular weight is 390 g/mol. The molecule has 2 unspecified atom stereocenters. The molecular weight excluding hydrogens is 371 g/mol. The molecule has 0 aliphatic carbocycles. The molecule has 2 aromatic heterocycles. The quantitative estimate of drug-likeness (QED) is 0.559. The Hall–Kier alpha value is -3.48. The normalized spacial score (nSPS) is 17.9. The van der Waals surface area contributed by atoms with Crippen LogP contribution in [0.1, 0.15) is 36.7 Å². The molecule has 1 saturated heterocycles. The Labute approximate surface area is 166 Å². The Morgan fingerprint density at radius 2 is 2.03 bits per heavy atom. The number of benzene rings is 2. The third kappa shape index (κ3) is 3.18. The van der Waals surface area contributed by atoms with Gasteiger partial charge in [-0.05, 0) is 48.2 Å². The highest BCUT2D eigenvalue weighted by molar-refractivity contribution is 5.83. The zero-order valence-corrected chi connectivity index (χ0v) is 15.8. The first-order valence-corrected chi connectivity index (χ1v) is 9.54. The van der Waals surface area contributed by atoms with Crippen LogP contribution in [0.3, 0.4) is 0 Å². The molecule has 1 amide bonds. The molecule has 1 fully saturated rings. The SMILES string of the molecule is CC(c1ccc(F)cc1)N1CC(c2noc(-c3ccc4cc[nH]c4c3)n2)CC1=O. The van der Waals surface area contributed by atoms with Gasteiger partial charge in [0.2, 0.25) is 5.91 Å². The highest BCUT2D eigenvalue weighted by Crippen LogP contribution is 2.34. The van der Waals surface area contributed by atoms with Crippen LogP contribution in [-0.4, -0.2) is 32.5 Å². The zero-order chi connectivity index (χ0) is 20.0. The predicted octanol–water partition coefficient (Wildman–Crippen LogP) is 4.43. The van der Waals surface area contributed by atoms with E-state index < -0.39 is 0 Å². The first-order chi connectivity index (χ1) is 14.1. The summed E-state index contributed by atoms with van der Waals surface area (Å²) in [7, 11) is 0. The van der Waals surface area contributed by atoms with Gasteiger partial charge in [0.15, 0.2) is 5.82 Å². The molecule has 0 spiro atoms. The molecule has 1 aliphatic heterocycles. The van der Waals surface area contributed by atoms with E-state index in [1.165, 1.54) is 12.1 Å². The Kier molecular flexibility index (Phi) is 4.16. The first-order valence-electron chi connectivity index (χ1n) is 9.54. The largest absolute Gasteiger partial charge is 0.361 e. The molecule has 7 heteroatoms. The maximum Gasteiger partial charge on any atom is 0.258 e. The molecule has 3 heterocycles. The number of halogens is 1. The Morgan fingerprint density at radius 1 is 1.21 bits per heavy atom. The molecule has 0 saturated carbocycles. The summed E-state index contributed by atoms with van der Waals surface area (Å²) in [6, 6.07) is 14.0. The van der Waals surface area contributed by atoms with Crippen molar-refractivity contribution in [3.8, 4) is 11.5 Å². The van der Waals surface area contributed by atoms with Gasteiger partial charge in [0.25, 0.3) is 5.89 Å². The number of carbonyl (C=O) groups is 1. The number of nitrogens with zero attached hydrogens (tertiary/aromatic N) is 3. The molecule has 146 valence electrons. The highest BCUT2D eigenvalue weighted by atomic mass is 19.1. The van der Waals surface area contributed by atoms with Crippen molar-refractivity contribution in [3.63, 3.8) is 0 Å². The van der Waals surface area contributed by atoms with Crippen molar-refractivity contribution in [2.24, 2.45) is 0 Å². The third-order valence-corrected chi connectivity index (χ3v) is 5.59. The summed E-state index contributed by atoms with van der Waals surface area (Å²) in [6.45, 7) is 2.45. The number of fused-ring (bicyclic) bond motifs is 1. The van der Waals surface area contributed by atoms with Gasteiger partial charge in [0, 0.05) is 36.2 Å². The van der Waals surface area contributed by atoms with E-state index in [4.69, 9.17) is 4.52 Å². The summed E-state index contributed by atoms with van der Waals surface area (Å²) in [5.41, 5.74) is 2.73. The van der Waals surface area contributed by atoms with Crippen molar-refractivity contribution in [1.29, 1.82) is 0 Å². The molecule has 1 aliphatic rings. The van der Waals surface area contributed by atoms with Crippen molar-refractivity contribution in [3.05, 3.63) is 71.9 Å². The summed E-state index contributed by atoms with van der Waals surface area (Å²) in [5, 5.41) is 5.24. The van der Waals surface area contributed by atoms with Gasteiger partial charge in [-0.1, -0.05) is 23.4 Å². The minimum Gasteiger partial charge on any atom is -0.361 e. The van der Waals surface area contributed by atoms with Crippen LogP contribution in [-0.2, 0) is 4.79 Å². The summed E-state index contributed by atoms with van der Waals surface area (Å²) in [6.07, 6.45) is 2.22. The summed E-state index contributed by atoms with van der Waals surface area (Å²) in [4.78, 5) is 22.1. The summed E-state index contributed by atoms with van der Waals surface area (Å²) >= 11 is 0. The lowest BCUT2D eigenvalue weighted by Crippen LogP contribution is -2.28. The molecule has 0 radical (unpaired) electrons. The number of hydrogen-bond donors (Lipinski definition) is 1. The first kappa shape index (κ1) is 17.6. The van der Waals surface area contributed by atoms with Gasteiger partial charge in [-0.25, -0.2) is 4.39 Å². The number of nitrogens with one attached hydrogen (secondary N) is 1. The van der Waals surface area contributed by atoms with Gasteiger partial charge in [0.05, 0.1) is 6.04 Å². The molecule has 5 rings (SSSR count). The van der Waals surface area contributed by atoms with E-state index in [9.17, 15) is 9.18 Å². The number of carbonyl (C=O) groups excluding carboxylic acids is 1. The van der Waals surface area contributed by atoms with Crippen LogP contribution in [0, 0.1) is 5.82 Å². The molecule has 2 aromatic carbocycles. The molecule has 6 nitrogen and oxygen atoms in total. The second-order valence-electron chi connectivity index (χ2n) is 7.41. The van der Waals surface area contributed by atoms with Crippen molar-refractivity contribution in [1.82, 2.24) is 20.0 Å². The van der Waals surface area contributed by atoms with Gasteiger partial charge in [-0.2, -0.15) is 4.98 Å². The topological polar surface area (TPSA) is 75.0 Å². The van der Waals surface area contributed by atoms with Crippen molar-refractivity contribution in [2.75, 3.05) is 6.54 Å². The van der Waals surface area contributed by atoms with E-state index in [0.717, 1.165) is 22.0 Å². The third-order valence-electron chi connectivity index (χ3n) is 5.59. The Morgan fingerprint density at radius 3 is 2.86 bits per heavy atom. The number of aromatic nitrogens is 3. The maximum absolute atomic E-state index is 13.2. The van der Waals surface area contributed by atoms with Gasteiger partial charge in [-0.3, -0.25) is 4.79 Å². The van der Waals surface area contributed by atoms with E-state index in [1.807, 2.05) is 37.4 Å². The maximum atomic E-state index is 13.2. The lowest BCUT2D eigenvalue weighted by Gasteiger charge is -2.25. The highest BCUT2D eigenvalue weighted by Gasteiger charge is 2.36. The van der Waals surface area contributed by atoms with Crippen LogP contribution < -0.4 is 0 Å². The van der Waals surface area contributed by atoms with Gasteiger partial charge in [0.1, 0.15) is 5.82 Å². The van der Waals surface area contributed by atoms with E-state index in [0.29, 0.717) is 24.7 Å². The van der Waals surface area contributed by atoms with Crippen LogP contribution in [0.5, 0.6) is 0 Å². The number of aromatic amines is 1. The Balaban J connectivity index is 1.35. The average Bonchev–Trinajstić information content (AvgIpc) is 3.46. The van der Waals surface area contributed by atoms with Crippen LogP contribution in [0.2, 0.25) is 0 Å². The zero-order valence-electron chi connectivity index (χ0n) is 15.8. The van der Waals surface area contributed by atoms with E-state index in [1.54, 1.807) is 17.0 Å². The Bertz CT molecular complexity index is 1180. The number of H-pyrrole nitrogens is 1. The standard InChI is InChI=1S/C22H19FN4O2/c1-13(14-4-6-18(23)7-5-14)27-12-17(11-20(27)28)21-25-22(29-26-21)16-3-2-15-8-9-24-19(15)10-16/h2-10,13,17,24H,11-12H2,1H3. The van der Waals surface area contributed by atoms with Crippen molar-refractivity contribution in [2.45, 2.75) is 25.3 Å². The van der Waals surface area contributed by atoms with E-state index >= 15 is 0 Å². The van der Waals surface area contributed by atoms with Gasteiger partial charge in [-0.15, -0.1) is 0 Å². The number of hydrogen-bond acceptors (Lipinski definition) is 4. The molecule has 4 aromatic rings. The van der Waals surface area contributed by atoms with Gasteiger partial charge >= 0.3 is 0 Å². The number of likely N-dealkylation sites (tertiary alicyclic amines) is 1. The van der Waals surface area contributed by atoms with Crippen LogP contribution in [0.4, 0.5) is 4.39 Å². The molecule has 1 N–H and O–H groups in total. The molecule has 0 bridgehead atoms. The summed E-state index contributed by atoms with van der Waals surface area (Å²) in [5.74, 6) is 0.592. The summed E-state index contributed by atoms with van der Waals surface area (Å²) < 4.78 is 18.7. The second-order valence-corrected chi connectivity index (χ2v) is 7.41. The van der Waals surface area contributed by atoms with Gasteiger partial charge < -0.3 is 14.4 Å². The van der Waals surface area contributed by atoms with Crippen LogP contribution in [0.15, 0.2) is 59.3 Å². The smallest absolute Gasteiger partial charge is 0.258 e. The fourth-order valence-corrected chi connectivity index (χ4v) is 3.90. The number of rotatable bonds is 4. The lowest BCUT2D eigenvalue weighted by atomic mass is 10.1. The monoisotopic (exact) mass is 390 g/mol. The minimum absolute atomic E-state index is 0.0333. The molecule has 2 atom stereocenters. The van der Waals surface area contributed by atoms with Crippen LogP contribution >= 0.6 is 0 Å². The van der Waals surface area contributed by atoms with E-state index in [2.05, 4.69) is 15.1 Å². The van der Waals surface area contributed by atoms with Crippen molar-refractivity contribution < 1.29 is 13.7 Å². The molecular formula is C22H19FN4O2. The fraction of sp³-hybridized carbons (Fsp3) is 0.227. The van der Waals surface area contributed by atoms with Crippen LogP contribution in [0.25, 0.3) is 22.4 Å². The minimum atomic E-state index is -0.288. The predicted molar refractivity (Wildman–Crippen MR) is 105 cm³/mol. The lowest BCUT2D eigenvalue weighted by molar-refractivity contribution is -0.129. The van der Waals surface area contributed by atoms with E-state index in [-0.39, 0.29) is 23.7 Å². The second kappa shape index (κ2) is 6.84. The van der Waals surface area contributed by atoms with Crippen molar-refractivity contribution >= 4 is 16.8 Å².